The fourth-order valence-electron chi connectivity index (χ4n) is 1.65. The number of hydrogen-bond donors (Lipinski definition) is 1. The van der Waals surface area contributed by atoms with Gasteiger partial charge < -0.3 is 9.73 Å². The molecule has 1 aromatic heterocycles. The van der Waals surface area contributed by atoms with Gasteiger partial charge in [0.2, 0.25) is 11.8 Å². The van der Waals surface area contributed by atoms with Gasteiger partial charge >= 0.3 is 0 Å². The largest absolute Gasteiger partial charge is 0.424 e. The standard InChI is InChI=1S/C14H19N3O/c1-11(2)15-10-14-17-16-13(18-14)9-8-12-6-4-3-5-7-12/h3-7,11,15H,8-10H2,1-2H3. The van der Waals surface area contributed by atoms with Crippen molar-refractivity contribution in [3.8, 4) is 0 Å². The van der Waals surface area contributed by atoms with E-state index in [1.807, 2.05) is 18.2 Å². The van der Waals surface area contributed by atoms with E-state index in [1.165, 1.54) is 5.56 Å². The highest BCUT2D eigenvalue weighted by atomic mass is 16.4. The molecule has 1 aromatic carbocycles. The predicted octanol–water partition coefficient (Wildman–Crippen LogP) is 2.35. The van der Waals surface area contributed by atoms with E-state index in [-0.39, 0.29) is 0 Å². The molecule has 0 saturated carbocycles. The fourth-order valence-corrected chi connectivity index (χ4v) is 1.65. The van der Waals surface area contributed by atoms with Gasteiger partial charge in [0.05, 0.1) is 6.54 Å². The smallest absolute Gasteiger partial charge is 0.230 e. The molecule has 0 aliphatic carbocycles. The summed E-state index contributed by atoms with van der Waals surface area (Å²) in [6.45, 7) is 4.81. The maximum Gasteiger partial charge on any atom is 0.230 e. The molecule has 0 aliphatic heterocycles. The Kier molecular flexibility index (Phi) is 4.47. The number of benzene rings is 1. The minimum absolute atomic E-state index is 0.421. The van der Waals surface area contributed by atoms with E-state index in [0.717, 1.165) is 12.8 Å². The molecule has 1 N–H and O–H groups in total. The summed E-state index contributed by atoms with van der Waals surface area (Å²) in [5.41, 5.74) is 1.29. The van der Waals surface area contributed by atoms with Crippen LogP contribution in [0, 0.1) is 0 Å². The van der Waals surface area contributed by atoms with Gasteiger partial charge in [-0.05, 0) is 12.0 Å². The van der Waals surface area contributed by atoms with Gasteiger partial charge in [0.25, 0.3) is 0 Å². The third-order valence-electron chi connectivity index (χ3n) is 2.64. The number of aromatic nitrogens is 2. The van der Waals surface area contributed by atoms with Gasteiger partial charge in [0.1, 0.15) is 0 Å². The first-order valence-electron chi connectivity index (χ1n) is 6.32. The molecule has 0 spiro atoms. The van der Waals surface area contributed by atoms with Crippen molar-refractivity contribution in [2.45, 2.75) is 39.3 Å². The molecule has 4 heteroatoms. The van der Waals surface area contributed by atoms with Crippen LogP contribution in [0.1, 0.15) is 31.2 Å². The molecule has 0 fully saturated rings. The van der Waals surface area contributed by atoms with E-state index in [9.17, 15) is 0 Å². The van der Waals surface area contributed by atoms with Crippen LogP contribution in [0.5, 0.6) is 0 Å². The van der Waals surface area contributed by atoms with Gasteiger partial charge in [-0.2, -0.15) is 0 Å². The number of rotatable bonds is 6. The topological polar surface area (TPSA) is 51.0 Å². The fraction of sp³-hybridized carbons (Fsp3) is 0.429. The van der Waals surface area contributed by atoms with Crippen LogP contribution in [0.3, 0.4) is 0 Å². The minimum atomic E-state index is 0.421. The Labute approximate surface area is 107 Å². The third-order valence-corrected chi connectivity index (χ3v) is 2.64. The summed E-state index contributed by atoms with van der Waals surface area (Å²) in [5, 5.41) is 11.3. The quantitative estimate of drug-likeness (QED) is 0.848. The molecule has 1 heterocycles. The Morgan fingerprint density at radius 2 is 1.78 bits per heavy atom. The first kappa shape index (κ1) is 12.8. The van der Waals surface area contributed by atoms with Gasteiger partial charge in [-0.3, -0.25) is 0 Å². The van der Waals surface area contributed by atoms with E-state index in [1.54, 1.807) is 0 Å². The molecule has 18 heavy (non-hydrogen) atoms. The molecule has 2 aromatic rings. The van der Waals surface area contributed by atoms with E-state index in [0.29, 0.717) is 24.4 Å². The van der Waals surface area contributed by atoms with Gasteiger partial charge in [-0.1, -0.05) is 44.2 Å². The van der Waals surface area contributed by atoms with E-state index < -0.39 is 0 Å². The second kappa shape index (κ2) is 6.31. The van der Waals surface area contributed by atoms with Crippen molar-refractivity contribution in [1.29, 1.82) is 0 Å². The van der Waals surface area contributed by atoms with Crippen LogP contribution in [0.4, 0.5) is 0 Å². The zero-order chi connectivity index (χ0) is 12.8. The Morgan fingerprint density at radius 1 is 1.06 bits per heavy atom. The van der Waals surface area contributed by atoms with Gasteiger partial charge in [-0.25, -0.2) is 0 Å². The number of nitrogens with zero attached hydrogens (tertiary/aromatic N) is 2. The van der Waals surface area contributed by atoms with Crippen molar-refractivity contribution < 1.29 is 4.42 Å². The molecule has 0 aliphatic rings. The molecule has 96 valence electrons. The lowest BCUT2D eigenvalue weighted by atomic mass is 10.1. The highest BCUT2D eigenvalue weighted by molar-refractivity contribution is 5.15. The van der Waals surface area contributed by atoms with Crippen LogP contribution in [-0.4, -0.2) is 16.2 Å². The zero-order valence-electron chi connectivity index (χ0n) is 10.9. The summed E-state index contributed by atoms with van der Waals surface area (Å²) in [4.78, 5) is 0. The summed E-state index contributed by atoms with van der Waals surface area (Å²) >= 11 is 0. The summed E-state index contributed by atoms with van der Waals surface area (Å²) < 4.78 is 5.57. The summed E-state index contributed by atoms with van der Waals surface area (Å²) in [5.74, 6) is 1.37. The first-order chi connectivity index (χ1) is 8.74. The number of nitrogens with one attached hydrogen (secondary N) is 1. The lowest BCUT2D eigenvalue weighted by Gasteiger charge is -2.03. The summed E-state index contributed by atoms with van der Waals surface area (Å²) in [6, 6.07) is 10.7. The van der Waals surface area contributed by atoms with Crippen LogP contribution in [0.15, 0.2) is 34.7 Å². The molecule has 0 bridgehead atoms. The lowest BCUT2D eigenvalue weighted by molar-refractivity contribution is 0.421. The molecule has 0 saturated heterocycles. The average molecular weight is 245 g/mol. The highest BCUT2D eigenvalue weighted by Crippen LogP contribution is 2.06. The van der Waals surface area contributed by atoms with E-state index >= 15 is 0 Å². The van der Waals surface area contributed by atoms with Gasteiger partial charge in [0.15, 0.2) is 0 Å². The minimum Gasteiger partial charge on any atom is -0.424 e. The Balaban J connectivity index is 1.83. The van der Waals surface area contributed by atoms with Crippen molar-refractivity contribution in [1.82, 2.24) is 15.5 Å². The van der Waals surface area contributed by atoms with Crippen molar-refractivity contribution in [3.05, 3.63) is 47.7 Å². The lowest BCUT2D eigenvalue weighted by Crippen LogP contribution is -2.21. The molecule has 0 radical (unpaired) electrons. The average Bonchev–Trinajstić information content (AvgIpc) is 2.83. The number of aryl methyl sites for hydroxylation is 2. The van der Waals surface area contributed by atoms with Crippen molar-refractivity contribution >= 4 is 0 Å². The molecule has 0 atom stereocenters. The van der Waals surface area contributed by atoms with Crippen molar-refractivity contribution in [2.24, 2.45) is 0 Å². The zero-order valence-corrected chi connectivity index (χ0v) is 10.9. The predicted molar refractivity (Wildman–Crippen MR) is 70.1 cm³/mol. The van der Waals surface area contributed by atoms with Gasteiger partial charge in [-0.15, -0.1) is 10.2 Å². The number of hydrogen-bond acceptors (Lipinski definition) is 4. The van der Waals surface area contributed by atoms with Crippen LogP contribution >= 0.6 is 0 Å². The molecule has 0 unspecified atom stereocenters. The normalized spacial score (nSPS) is 11.1. The molecule has 2 rings (SSSR count). The summed E-state index contributed by atoms with van der Waals surface area (Å²) in [6.07, 6.45) is 1.72. The molecular formula is C14H19N3O. The Morgan fingerprint density at radius 3 is 2.50 bits per heavy atom. The monoisotopic (exact) mass is 245 g/mol. The second-order valence-corrected chi connectivity index (χ2v) is 4.61. The molecule has 4 nitrogen and oxygen atoms in total. The van der Waals surface area contributed by atoms with Crippen LogP contribution in [0.2, 0.25) is 0 Å². The van der Waals surface area contributed by atoms with Crippen molar-refractivity contribution in [3.63, 3.8) is 0 Å². The maximum atomic E-state index is 5.57. The SMILES string of the molecule is CC(C)NCc1nnc(CCc2ccccc2)o1. The first-order valence-corrected chi connectivity index (χ1v) is 6.32. The third kappa shape index (κ3) is 3.96. The van der Waals surface area contributed by atoms with Crippen LogP contribution < -0.4 is 5.32 Å². The molecular weight excluding hydrogens is 226 g/mol. The maximum absolute atomic E-state index is 5.57. The van der Waals surface area contributed by atoms with Crippen molar-refractivity contribution in [2.75, 3.05) is 0 Å². The van der Waals surface area contributed by atoms with E-state index in [4.69, 9.17) is 4.42 Å². The second-order valence-electron chi connectivity index (χ2n) is 4.61. The van der Waals surface area contributed by atoms with Gasteiger partial charge in [0, 0.05) is 12.5 Å². The van der Waals surface area contributed by atoms with E-state index in [2.05, 4.69) is 41.5 Å². The summed E-state index contributed by atoms with van der Waals surface area (Å²) in [7, 11) is 0. The van der Waals surface area contributed by atoms with Crippen LogP contribution in [0.25, 0.3) is 0 Å². The Hall–Kier alpha value is -1.68. The molecule has 0 amide bonds. The Bertz CT molecular complexity index is 465. The highest BCUT2D eigenvalue weighted by Gasteiger charge is 2.06. The van der Waals surface area contributed by atoms with Crippen LogP contribution in [-0.2, 0) is 19.4 Å².